The Morgan fingerprint density at radius 2 is 1.71 bits per heavy atom. The number of amides is 1. The van der Waals surface area contributed by atoms with Crippen molar-refractivity contribution in [3.05, 3.63) is 77.5 Å². The zero-order chi connectivity index (χ0) is 16.9. The van der Waals surface area contributed by atoms with Gasteiger partial charge in [0.25, 0.3) is 5.91 Å². The van der Waals surface area contributed by atoms with Crippen molar-refractivity contribution >= 4 is 17.6 Å². The number of hydrogen-bond donors (Lipinski definition) is 1. The molecule has 2 aromatic rings. The lowest BCUT2D eigenvalue weighted by Crippen LogP contribution is -2.30. The van der Waals surface area contributed by atoms with Gasteiger partial charge in [-0.05, 0) is 17.7 Å². The van der Waals surface area contributed by atoms with E-state index >= 15 is 0 Å². The molecule has 2 aromatic carbocycles. The molecule has 1 aliphatic rings. The third-order valence-corrected chi connectivity index (χ3v) is 3.89. The predicted molar refractivity (Wildman–Crippen MR) is 91.1 cm³/mol. The number of para-hydroxylation sites is 1. The van der Waals surface area contributed by atoms with Gasteiger partial charge in [0.1, 0.15) is 5.70 Å². The summed E-state index contributed by atoms with van der Waals surface area (Å²) >= 11 is 0. The van der Waals surface area contributed by atoms with Crippen molar-refractivity contribution in [2.45, 2.75) is 6.54 Å². The van der Waals surface area contributed by atoms with Gasteiger partial charge in [0.05, 0.1) is 19.2 Å². The Balaban J connectivity index is 1.84. The number of nitrogens with one attached hydrogen (secondary N) is 1. The lowest BCUT2D eigenvalue weighted by atomic mass is 10.2. The van der Waals surface area contributed by atoms with Crippen molar-refractivity contribution in [3.63, 3.8) is 0 Å². The average molecular weight is 322 g/mol. The van der Waals surface area contributed by atoms with E-state index in [0.717, 1.165) is 11.3 Å². The molecule has 3 rings (SSSR count). The van der Waals surface area contributed by atoms with E-state index in [1.54, 1.807) is 4.90 Å². The van der Waals surface area contributed by atoms with E-state index in [1.165, 1.54) is 7.11 Å². The van der Waals surface area contributed by atoms with Crippen LogP contribution in [0.3, 0.4) is 0 Å². The van der Waals surface area contributed by atoms with Crippen LogP contribution in [0.5, 0.6) is 0 Å². The van der Waals surface area contributed by atoms with Crippen LogP contribution in [-0.2, 0) is 20.9 Å². The summed E-state index contributed by atoms with van der Waals surface area (Å²) in [6.07, 6.45) is 0. The maximum absolute atomic E-state index is 12.8. The molecule has 1 amide bonds. The minimum Gasteiger partial charge on any atom is -0.466 e. The molecule has 5 heteroatoms. The van der Waals surface area contributed by atoms with Crippen molar-refractivity contribution in [3.8, 4) is 0 Å². The molecule has 1 N–H and O–H groups in total. The number of nitrogens with zero attached hydrogens (tertiary/aromatic N) is 1. The summed E-state index contributed by atoms with van der Waals surface area (Å²) in [6, 6.07) is 19.0. The van der Waals surface area contributed by atoms with E-state index in [4.69, 9.17) is 4.74 Å². The van der Waals surface area contributed by atoms with Gasteiger partial charge >= 0.3 is 5.97 Å². The number of esters is 1. The number of benzene rings is 2. The molecule has 122 valence electrons. The van der Waals surface area contributed by atoms with Gasteiger partial charge in [-0.2, -0.15) is 0 Å². The van der Waals surface area contributed by atoms with Gasteiger partial charge in [-0.1, -0.05) is 48.5 Å². The minimum atomic E-state index is -0.489. The third-order valence-electron chi connectivity index (χ3n) is 3.89. The van der Waals surface area contributed by atoms with Crippen molar-refractivity contribution < 1.29 is 14.3 Å². The van der Waals surface area contributed by atoms with Gasteiger partial charge in [0, 0.05) is 12.2 Å². The SMILES string of the molecule is COC(=O)C1=C(NCc2ccccc2)C(=O)N(c2ccccc2)C1. The maximum atomic E-state index is 12.8. The van der Waals surface area contributed by atoms with Gasteiger partial charge in [0.2, 0.25) is 0 Å². The van der Waals surface area contributed by atoms with Gasteiger partial charge in [0.15, 0.2) is 0 Å². The van der Waals surface area contributed by atoms with Gasteiger partial charge in [-0.3, -0.25) is 4.79 Å². The maximum Gasteiger partial charge on any atom is 0.337 e. The molecule has 0 fully saturated rings. The van der Waals surface area contributed by atoms with Gasteiger partial charge < -0.3 is 15.0 Å². The van der Waals surface area contributed by atoms with Crippen LogP contribution in [-0.4, -0.2) is 25.5 Å². The normalized spacial score (nSPS) is 14.0. The highest BCUT2D eigenvalue weighted by Crippen LogP contribution is 2.25. The Morgan fingerprint density at radius 3 is 2.33 bits per heavy atom. The highest BCUT2D eigenvalue weighted by molar-refractivity contribution is 6.14. The molecule has 1 heterocycles. The predicted octanol–water partition coefficient (Wildman–Crippen LogP) is 2.25. The Morgan fingerprint density at radius 1 is 1.08 bits per heavy atom. The molecular formula is C19H18N2O3. The molecule has 1 aliphatic heterocycles. The number of methoxy groups -OCH3 is 1. The number of anilines is 1. The van der Waals surface area contributed by atoms with Crippen molar-refractivity contribution in [1.82, 2.24) is 5.32 Å². The number of ether oxygens (including phenoxy) is 1. The summed E-state index contributed by atoms with van der Waals surface area (Å²) in [4.78, 5) is 26.4. The smallest absolute Gasteiger partial charge is 0.337 e. The fourth-order valence-corrected chi connectivity index (χ4v) is 2.65. The number of rotatable bonds is 5. The lowest BCUT2D eigenvalue weighted by molar-refractivity contribution is -0.136. The molecule has 0 bridgehead atoms. The van der Waals surface area contributed by atoms with E-state index in [0.29, 0.717) is 17.8 Å². The fraction of sp³-hybridized carbons (Fsp3) is 0.158. The number of carbonyl (C=O) groups excluding carboxylic acids is 2. The van der Waals surface area contributed by atoms with Crippen LogP contribution in [0.15, 0.2) is 71.9 Å². The molecule has 0 spiro atoms. The first-order valence-corrected chi connectivity index (χ1v) is 7.67. The van der Waals surface area contributed by atoms with Gasteiger partial charge in [-0.25, -0.2) is 4.79 Å². The average Bonchev–Trinajstić information content (AvgIpc) is 2.97. The number of carbonyl (C=O) groups is 2. The monoisotopic (exact) mass is 322 g/mol. The Hall–Kier alpha value is -3.08. The van der Waals surface area contributed by atoms with E-state index in [1.807, 2.05) is 60.7 Å². The van der Waals surface area contributed by atoms with Crippen LogP contribution in [0.1, 0.15) is 5.56 Å². The number of hydrogen-bond acceptors (Lipinski definition) is 4. The molecule has 0 aliphatic carbocycles. The fourth-order valence-electron chi connectivity index (χ4n) is 2.65. The van der Waals surface area contributed by atoms with Crippen molar-refractivity contribution in [1.29, 1.82) is 0 Å². The summed E-state index contributed by atoms with van der Waals surface area (Å²) in [7, 11) is 1.32. The van der Waals surface area contributed by atoms with Crippen LogP contribution < -0.4 is 10.2 Å². The van der Waals surface area contributed by atoms with Crippen LogP contribution in [0, 0.1) is 0 Å². The molecular weight excluding hydrogens is 304 g/mol. The zero-order valence-corrected chi connectivity index (χ0v) is 13.4. The summed E-state index contributed by atoms with van der Waals surface area (Å²) in [5.41, 5.74) is 2.43. The highest BCUT2D eigenvalue weighted by atomic mass is 16.5. The first-order valence-electron chi connectivity index (χ1n) is 7.67. The summed E-state index contributed by atoms with van der Waals surface area (Å²) in [5.74, 6) is -0.713. The van der Waals surface area contributed by atoms with E-state index in [2.05, 4.69) is 5.32 Å². The van der Waals surface area contributed by atoms with Crippen molar-refractivity contribution in [2.75, 3.05) is 18.6 Å². The molecule has 0 unspecified atom stereocenters. The third kappa shape index (κ3) is 3.15. The van der Waals surface area contributed by atoms with Gasteiger partial charge in [-0.15, -0.1) is 0 Å². The van der Waals surface area contributed by atoms with Crippen LogP contribution >= 0.6 is 0 Å². The van der Waals surface area contributed by atoms with E-state index in [9.17, 15) is 9.59 Å². The molecule has 0 atom stereocenters. The molecule has 0 saturated heterocycles. The van der Waals surface area contributed by atoms with E-state index < -0.39 is 5.97 Å². The molecule has 24 heavy (non-hydrogen) atoms. The largest absolute Gasteiger partial charge is 0.466 e. The molecule has 0 radical (unpaired) electrons. The Bertz CT molecular complexity index is 770. The van der Waals surface area contributed by atoms with E-state index in [-0.39, 0.29) is 12.5 Å². The Kier molecular flexibility index (Phi) is 4.61. The second-order valence-electron chi connectivity index (χ2n) is 5.41. The molecule has 5 nitrogen and oxygen atoms in total. The molecule has 0 aromatic heterocycles. The second kappa shape index (κ2) is 7.00. The Labute approximate surface area is 140 Å². The standard InChI is InChI=1S/C19H18N2O3/c1-24-19(23)16-13-21(15-10-6-3-7-11-15)18(22)17(16)20-12-14-8-4-2-5-9-14/h2-11,20H,12-13H2,1H3. The summed E-state index contributed by atoms with van der Waals surface area (Å²) in [6.45, 7) is 0.664. The van der Waals surface area contributed by atoms with Crippen molar-refractivity contribution in [2.24, 2.45) is 0 Å². The lowest BCUT2D eigenvalue weighted by Gasteiger charge is -2.16. The highest BCUT2D eigenvalue weighted by Gasteiger charge is 2.35. The summed E-state index contributed by atoms with van der Waals surface area (Å²) in [5, 5.41) is 3.10. The quantitative estimate of drug-likeness (QED) is 0.858. The first-order chi connectivity index (χ1) is 11.7. The first kappa shape index (κ1) is 15.8. The minimum absolute atomic E-state index is 0.201. The molecule has 0 saturated carbocycles. The second-order valence-corrected chi connectivity index (χ2v) is 5.41. The van der Waals surface area contributed by atoms with Crippen LogP contribution in [0.25, 0.3) is 0 Å². The topological polar surface area (TPSA) is 58.6 Å². The van der Waals surface area contributed by atoms with Crippen LogP contribution in [0.2, 0.25) is 0 Å². The van der Waals surface area contributed by atoms with Crippen LogP contribution in [0.4, 0.5) is 5.69 Å². The summed E-state index contributed by atoms with van der Waals surface area (Å²) < 4.78 is 4.83. The zero-order valence-electron chi connectivity index (χ0n) is 13.4.